The Morgan fingerprint density at radius 1 is 1.50 bits per heavy atom. The minimum atomic E-state index is -1.79. The first-order valence-electron chi connectivity index (χ1n) is 6.79. The Kier molecular flexibility index (Phi) is 3.84. The van der Waals surface area contributed by atoms with E-state index in [9.17, 15) is 14.7 Å². The monoisotopic (exact) mass is 280 g/mol. The Morgan fingerprint density at radius 2 is 2.20 bits per heavy atom. The van der Waals surface area contributed by atoms with Crippen LogP contribution >= 0.6 is 0 Å². The van der Waals surface area contributed by atoms with E-state index in [4.69, 9.17) is 9.84 Å². The number of carbonyl (C=O) groups excluding carboxylic acids is 2. The lowest BCUT2D eigenvalue weighted by atomic mass is 9.76. The number of allylic oxidation sites excluding steroid dienone is 1. The first-order chi connectivity index (χ1) is 9.35. The standard InChI is InChI=1S/C15H20O5/c1-10(4-3-9-16)7-8-14(2)15(19)11(13(18)20-14)5-6-12(15)17/h5-7,11,16,19H,3-4,8-9H2,1-2H3/b10-7+/t11-,14-,15-/m1/s1. The summed E-state index contributed by atoms with van der Waals surface area (Å²) in [4.78, 5) is 23.7. The number of hydrogen-bond acceptors (Lipinski definition) is 5. The highest BCUT2D eigenvalue weighted by atomic mass is 16.6. The number of rotatable bonds is 5. The Hall–Kier alpha value is -1.46. The zero-order chi connectivity index (χ0) is 15.0. The normalized spacial score (nSPS) is 36.4. The van der Waals surface area contributed by atoms with Gasteiger partial charge in [0.05, 0.1) is 0 Å². The Labute approximate surface area is 117 Å². The predicted molar refractivity (Wildman–Crippen MR) is 71.8 cm³/mol. The van der Waals surface area contributed by atoms with Crippen molar-refractivity contribution in [2.45, 2.75) is 44.3 Å². The van der Waals surface area contributed by atoms with Gasteiger partial charge in [0.15, 0.2) is 11.4 Å². The van der Waals surface area contributed by atoms with Crippen molar-refractivity contribution in [3.8, 4) is 0 Å². The highest BCUT2D eigenvalue weighted by molar-refractivity contribution is 6.07. The number of aliphatic hydroxyl groups excluding tert-OH is 1. The van der Waals surface area contributed by atoms with Crippen LogP contribution in [0, 0.1) is 5.92 Å². The smallest absolute Gasteiger partial charge is 0.317 e. The number of esters is 1. The van der Waals surface area contributed by atoms with Crippen molar-refractivity contribution >= 4 is 11.8 Å². The molecule has 2 N–H and O–H groups in total. The first-order valence-corrected chi connectivity index (χ1v) is 6.79. The van der Waals surface area contributed by atoms with E-state index in [2.05, 4.69) is 0 Å². The molecule has 5 nitrogen and oxygen atoms in total. The van der Waals surface area contributed by atoms with Crippen molar-refractivity contribution in [1.82, 2.24) is 0 Å². The van der Waals surface area contributed by atoms with E-state index >= 15 is 0 Å². The molecule has 1 aliphatic carbocycles. The van der Waals surface area contributed by atoms with E-state index in [0.29, 0.717) is 6.42 Å². The molecule has 0 spiro atoms. The number of ketones is 1. The summed E-state index contributed by atoms with van der Waals surface area (Å²) >= 11 is 0. The van der Waals surface area contributed by atoms with E-state index in [1.54, 1.807) is 6.92 Å². The number of aliphatic hydroxyl groups is 2. The van der Waals surface area contributed by atoms with Crippen LogP contribution in [-0.4, -0.2) is 39.8 Å². The third-order valence-electron chi connectivity index (χ3n) is 4.22. The summed E-state index contributed by atoms with van der Waals surface area (Å²) in [7, 11) is 0. The molecule has 0 aromatic rings. The Bertz CT molecular complexity index is 492. The molecule has 5 heteroatoms. The van der Waals surface area contributed by atoms with Gasteiger partial charge in [-0.2, -0.15) is 0 Å². The van der Waals surface area contributed by atoms with Crippen LogP contribution in [0.2, 0.25) is 0 Å². The molecule has 0 radical (unpaired) electrons. The van der Waals surface area contributed by atoms with Crippen molar-refractivity contribution < 1.29 is 24.5 Å². The third kappa shape index (κ3) is 2.11. The number of carbonyl (C=O) groups is 2. The van der Waals surface area contributed by atoms with Gasteiger partial charge >= 0.3 is 5.97 Å². The van der Waals surface area contributed by atoms with Crippen molar-refractivity contribution in [2.75, 3.05) is 6.61 Å². The number of fused-ring (bicyclic) bond motifs is 1. The lowest BCUT2D eigenvalue weighted by molar-refractivity contribution is -0.159. The minimum Gasteiger partial charge on any atom is -0.455 e. The zero-order valence-electron chi connectivity index (χ0n) is 11.8. The number of cyclic esters (lactones) is 1. The molecule has 0 bridgehead atoms. The summed E-state index contributed by atoms with van der Waals surface area (Å²) in [6, 6.07) is 0. The summed E-state index contributed by atoms with van der Waals surface area (Å²) in [5.74, 6) is -1.93. The summed E-state index contributed by atoms with van der Waals surface area (Å²) in [6.07, 6.45) is 6.19. The molecular formula is C15H20O5. The van der Waals surface area contributed by atoms with Crippen molar-refractivity contribution in [3.05, 3.63) is 23.8 Å². The molecule has 2 aliphatic rings. The molecule has 0 aromatic carbocycles. The van der Waals surface area contributed by atoms with Crippen LogP contribution in [-0.2, 0) is 14.3 Å². The molecule has 0 amide bonds. The van der Waals surface area contributed by atoms with Gasteiger partial charge in [-0.05, 0) is 32.8 Å². The molecular weight excluding hydrogens is 260 g/mol. The second-order valence-electron chi connectivity index (χ2n) is 5.70. The lowest BCUT2D eigenvalue weighted by Crippen LogP contribution is -2.55. The third-order valence-corrected chi connectivity index (χ3v) is 4.22. The van der Waals surface area contributed by atoms with Gasteiger partial charge in [0, 0.05) is 13.0 Å². The second kappa shape index (κ2) is 5.14. The van der Waals surface area contributed by atoms with Crippen LogP contribution in [0.3, 0.4) is 0 Å². The summed E-state index contributed by atoms with van der Waals surface area (Å²) < 4.78 is 5.29. The molecule has 1 fully saturated rings. The van der Waals surface area contributed by atoms with Crippen LogP contribution in [0.15, 0.2) is 23.8 Å². The van der Waals surface area contributed by atoms with Crippen LogP contribution < -0.4 is 0 Å². The van der Waals surface area contributed by atoms with Crippen molar-refractivity contribution in [1.29, 1.82) is 0 Å². The zero-order valence-corrected chi connectivity index (χ0v) is 11.8. The van der Waals surface area contributed by atoms with E-state index in [0.717, 1.165) is 12.0 Å². The fourth-order valence-electron chi connectivity index (χ4n) is 2.83. The molecule has 2 rings (SSSR count). The summed E-state index contributed by atoms with van der Waals surface area (Å²) in [6.45, 7) is 3.61. The maximum absolute atomic E-state index is 11.9. The number of ether oxygens (including phenoxy) is 1. The average molecular weight is 280 g/mol. The molecule has 0 unspecified atom stereocenters. The highest BCUT2D eigenvalue weighted by Crippen LogP contribution is 2.47. The second-order valence-corrected chi connectivity index (χ2v) is 5.70. The molecule has 1 aliphatic heterocycles. The SMILES string of the molecule is C/C(=C\C[C@@]1(C)OC(=O)[C@H]2C=CC(=O)[C@]21O)CCCO. The fraction of sp³-hybridized carbons (Fsp3) is 0.600. The Balaban J connectivity index is 2.18. The highest BCUT2D eigenvalue weighted by Gasteiger charge is 2.68. The van der Waals surface area contributed by atoms with Crippen molar-refractivity contribution in [3.63, 3.8) is 0 Å². The van der Waals surface area contributed by atoms with Gasteiger partial charge in [-0.15, -0.1) is 0 Å². The van der Waals surface area contributed by atoms with Crippen molar-refractivity contribution in [2.24, 2.45) is 5.92 Å². The summed E-state index contributed by atoms with van der Waals surface area (Å²) in [5, 5.41) is 19.4. The van der Waals surface area contributed by atoms with Crippen LogP contribution in [0.5, 0.6) is 0 Å². The van der Waals surface area contributed by atoms with Gasteiger partial charge in [-0.25, -0.2) is 0 Å². The fourth-order valence-corrected chi connectivity index (χ4v) is 2.83. The van der Waals surface area contributed by atoms with Crippen LogP contribution in [0.1, 0.15) is 33.1 Å². The predicted octanol–water partition coefficient (Wildman–Crippen LogP) is 0.897. The maximum Gasteiger partial charge on any atom is 0.317 e. The van der Waals surface area contributed by atoms with Gasteiger partial charge in [0.2, 0.25) is 0 Å². The Morgan fingerprint density at radius 3 is 2.85 bits per heavy atom. The molecule has 0 saturated carbocycles. The molecule has 0 aromatic heterocycles. The van der Waals surface area contributed by atoms with Gasteiger partial charge < -0.3 is 14.9 Å². The minimum absolute atomic E-state index is 0.117. The molecule has 20 heavy (non-hydrogen) atoms. The van der Waals surface area contributed by atoms with Crippen LogP contribution in [0.4, 0.5) is 0 Å². The van der Waals surface area contributed by atoms with E-state index in [-0.39, 0.29) is 13.0 Å². The summed E-state index contributed by atoms with van der Waals surface area (Å²) in [5.41, 5.74) is -2.00. The van der Waals surface area contributed by atoms with Gasteiger partial charge in [-0.1, -0.05) is 17.7 Å². The molecule has 3 atom stereocenters. The average Bonchev–Trinajstić information content (AvgIpc) is 2.81. The largest absolute Gasteiger partial charge is 0.455 e. The van der Waals surface area contributed by atoms with E-state index in [1.165, 1.54) is 12.2 Å². The van der Waals surface area contributed by atoms with Gasteiger partial charge in [0.25, 0.3) is 0 Å². The topological polar surface area (TPSA) is 83.8 Å². The van der Waals surface area contributed by atoms with E-state index in [1.807, 2.05) is 13.0 Å². The van der Waals surface area contributed by atoms with E-state index < -0.39 is 28.9 Å². The maximum atomic E-state index is 11.9. The quantitative estimate of drug-likeness (QED) is 0.577. The lowest BCUT2D eigenvalue weighted by Gasteiger charge is -2.34. The van der Waals surface area contributed by atoms with Crippen LogP contribution in [0.25, 0.3) is 0 Å². The molecule has 1 heterocycles. The first kappa shape index (κ1) is 14.9. The molecule has 110 valence electrons. The van der Waals surface area contributed by atoms with Gasteiger partial charge in [0.1, 0.15) is 11.5 Å². The number of hydrogen-bond donors (Lipinski definition) is 2. The molecule has 1 saturated heterocycles. The van der Waals surface area contributed by atoms with Gasteiger partial charge in [-0.3, -0.25) is 9.59 Å².